The summed E-state index contributed by atoms with van der Waals surface area (Å²) in [5, 5.41) is 0.253. The Morgan fingerprint density at radius 3 is 2.53 bits per heavy atom. The summed E-state index contributed by atoms with van der Waals surface area (Å²) in [5.74, 6) is 0.580. The van der Waals surface area contributed by atoms with Gasteiger partial charge in [-0.2, -0.15) is 0 Å². The lowest BCUT2D eigenvalue weighted by molar-refractivity contribution is -0.122. The first-order valence-corrected chi connectivity index (χ1v) is 9.46. The number of hydrogen-bond acceptors (Lipinski definition) is 2. The predicted molar refractivity (Wildman–Crippen MR) is 74.6 cm³/mol. The van der Waals surface area contributed by atoms with Gasteiger partial charge in [0.05, 0.1) is 0 Å². The Morgan fingerprint density at radius 1 is 1.35 bits per heavy atom. The van der Waals surface area contributed by atoms with E-state index >= 15 is 0 Å². The van der Waals surface area contributed by atoms with E-state index in [0.717, 1.165) is 19.4 Å². The quantitative estimate of drug-likeness (QED) is 0.561. The number of rotatable bonds is 4. The second kappa shape index (κ2) is 5.49. The molecule has 0 fully saturated rings. The third-order valence-electron chi connectivity index (χ3n) is 4.10. The second-order valence-electron chi connectivity index (χ2n) is 6.47. The maximum absolute atomic E-state index is 11.7. The Labute approximate surface area is 107 Å². The molecule has 1 unspecified atom stereocenters. The van der Waals surface area contributed by atoms with Gasteiger partial charge in [-0.1, -0.05) is 32.9 Å². The monoisotopic (exact) mass is 254 g/mol. The molecule has 1 atom stereocenters. The summed E-state index contributed by atoms with van der Waals surface area (Å²) in [5.41, 5.74) is 0. The molecule has 17 heavy (non-hydrogen) atoms. The van der Waals surface area contributed by atoms with Gasteiger partial charge in [0.25, 0.3) is 0 Å². The summed E-state index contributed by atoms with van der Waals surface area (Å²) in [6.07, 6.45) is 6.51. The first kappa shape index (κ1) is 14.6. The van der Waals surface area contributed by atoms with Crippen molar-refractivity contribution in [2.75, 3.05) is 6.61 Å². The van der Waals surface area contributed by atoms with Crippen molar-refractivity contribution in [3.05, 3.63) is 12.2 Å². The molecule has 1 rings (SSSR count). The van der Waals surface area contributed by atoms with E-state index in [4.69, 9.17) is 4.43 Å². The minimum absolute atomic E-state index is 0.199. The fraction of sp³-hybridized carbons (Fsp3) is 0.786. The van der Waals surface area contributed by atoms with Crippen LogP contribution in [0, 0.1) is 5.92 Å². The molecule has 0 saturated carbocycles. The molecule has 0 radical (unpaired) electrons. The molecule has 0 spiro atoms. The molecule has 3 heteroatoms. The number of allylic oxidation sites excluding steroid dienone is 2. The smallest absolute Gasteiger partial charge is 0.191 e. The predicted octanol–water partition coefficient (Wildman–Crippen LogP) is 3.93. The lowest BCUT2D eigenvalue weighted by Crippen LogP contribution is -2.41. The Morgan fingerprint density at radius 2 is 2.00 bits per heavy atom. The SMILES string of the molecule is CC(C)(C)[Si](C)(C)OCCC1CC=CCC1=O. The van der Waals surface area contributed by atoms with Crippen LogP contribution < -0.4 is 0 Å². The zero-order chi connectivity index (χ0) is 13.1. The highest BCUT2D eigenvalue weighted by molar-refractivity contribution is 6.74. The van der Waals surface area contributed by atoms with Crippen LogP contribution in [0.3, 0.4) is 0 Å². The van der Waals surface area contributed by atoms with Crippen LogP contribution in [0.2, 0.25) is 18.1 Å². The third kappa shape index (κ3) is 4.07. The van der Waals surface area contributed by atoms with Gasteiger partial charge < -0.3 is 4.43 Å². The second-order valence-corrected chi connectivity index (χ2v) is 11.3. The average molecular weight is 254 g/mol. The molecule has 0 N–H and O–H groups in total. The van der Waals surface area contributed by atoms with E-state index in [9.17, 15) is 4.79 Å². The van der Waals surface area contributed by atoms with E-state index in [-0.39, 0.29) is 11.0 Å². The fourth-order valence-corrected chi connectivity index (χ4v) is 2.77. The summed E-state index contributed by atoms with van der Waals surface area (Å²) in [6.45, 7) is 12.0. The molecular formula is C14H26O2Si. The zero-order valence-electron chi connectivity index (χ0n) is 11.9. The van der Waals surface area contributed by atoms with Gasteiger partial charge in [-0.05, 0) is 31.0 Å². The summed E-state index contributed by atoms with van der Waals surface area (Å²) in [6, 6.07) is 0. The van der Waals surface area contributed by atoms with Crippen molar-refractivity contribution in [2.45, 2.75) is 58.2 Å². The highest BCUT2D eigenvalue weighted by Gasteiger charge is 2.37. The van der Waals surface area contributed by atoms with E-state index < -0.39 is 8.32 Å². The van der Waals surface area contributed by atoms with Crippen LogP contribution in [0.1, 0.15) is 40.0 Å². The average Bonchev–Trinajstić information content (AvgIpc) is 2.19. The highest BCUT2D eigenvalue weighted by Crippen LogP contribution is 2.36. The van der Waals surface area contributed by atoms with Gasteiger partial charge in [-0.25, -0.2) is 0 Å². The topological polar surface area (TPSA) is 26.3 Å². The minimum Gasteiger partial charge on any atom is -0.417 e. The molecular weight excluding hydrogens is 228 g/mol. The van der Waals surface area contributed by atoms with Crippen molar-refractivity contribution in [3.8, 4) is 0 Å². The van der Waals surface area contributed by atoms with Crippen molar-refractivity contribution in [3.63, 3.8) is 0 Å². The van der Waals surface area contributed by atoms with Crippen LogP contribution in [0.15, 0.2) is 12.2 Å². The summed E-state index contributed by atoms with van der Waals surface area (Å²) in [7, 11) is -1.64. The number of ketones is 1. The molecule has 0 heterocycles. The van der Waals surface area contributed by atoms with Gasteiger partial charge in [-0.15, -0.1) is 0 Å². The third-order valence-corrected chi connectivity index (χ3v) is 8.64. The Balaban J connectivity index is 2.37. The van der Waals surface area contributed by atoms with E-state index in [2.05, 4.69) is 39.9 Å². The van der Waals surface area contributed by atoms with E-state index in [1.54, 1.807) is 0 Å². The first-order chi connectivity index (χ1) is 7.74. The van der Waals surface area contributed by atoms with Crippen LogP contribution in [-0.4, -0.2) is 20.7 Å². The maximum Gasteiger partial charge on any atom is 0.191 e. The lowest BCUT2D eigenvalue weighted by Gasteiger charge is -2.36. The number of carbonyl (C=O) groups excluding carboxylic acids is 1. The molecule has 0 saturated heterocycles. The zero-order valence-corrected chi connectivity index (χ0v) is 12.9. The van der Waals surface area contributed by atoms with Crippen molar-refractivity contribution in [1.29, 1.82) is 0 Å². The number of Topliss-reactive ketones (excluding diaryl/α,β-unsaturated/α-hetero) is 1. The van der Waals surface area contributed by atoms with Crippen LogP contribution >= 0.6 is 0 Å². The Bertz CT molecular complexity index is 300. The minimum atomic E-state index is -1.64. The molecule has 1 aliphatic carbocycles. The van der Waals surface area contributed by atoms with Gasteiger partial charge in [0.15, 0.2) is 8.32 Å². The van der Waals surface area contributed by atoms with Crippen LogP contribution in [0.4, 0.5) is 0 Å². The van der Waals surface area contributed by atoms with E-state index in [1.807, 2.05) is 6.08 Å². The number of carbonyl (C=O) groups is 1. The van der Waals surface area contributed by atoms with Gasteiger partial charge in [0, 0.05) is 18.9 Å². The Kier molecular flexibility index (Phi) is 4.73. The van der Waals surface area contributed by atoms with Gasteiger partial charge >= 0.3 is 0 Å². The van der Waals surface area contributed by atoms with Crippen molar-refractivity contribution >= 4 is 14.1 Å². The lowest BCUT2D eigenvalue weighted by atomic mass is 9.91. The first-order valence-electron chi connectivity index (χ1n) is 6.56. The van der Waals surface area contributed by atoms with Crippen LogP contribution in [0.25, 0.3) is 0 Å². The molecule has 2 nitrogen and oxygen atoms in total. The van der Waals surface area contributed by atoms with Gasteiger partial charge in [-0.3, -0.25) is 4.79 Å². The summed E-state index contributed by atoms with van der Waals surface area (Å²) in [4.78, 5) is 11.7. The molecule has 0 aromatic carbocycles. The highest BCUT2D eigenvalue weighted by atomic mass is 28.4. The van der Waals surface area contributed by atoms with E-state index in [1.165, 1.54) is 0 Å². The molecule has 0 aliphatic heterocycles. The molecule has 0 aromatic rings. The Hall–Kier alpha value is -0.413. The van der Waals surface area contributed by atoms with Crippen molar-refractivity contribution in [1.82, 2.24) is 0 Å². The largest absolute Gasteiger partial charge is 0.417 e. The molecule has 0 bridgehead atoms. The summed E-state index contributed by atoms with van der Waals surface area (Å²) >= 11 is 0. The van der Waals surface area contributed by atoms with E-state index in [0.29, 0.717) is 12.2 Å². The molecule has 1 aliphatic rings. The maximum atomic E-state index is 11.7. The van der Waals surface area contributed by atoms with Crippen LogP contribution in [-0.2, 0) is 9.22 Å². The summed E-state index contributed by atoms with van der Waals surface area (Å²) < 4.78 is 6.11. The van der Waals surface area contributed by atoms with Crippen LogP contribution in [0.5, 0.6) is 0 Å². The molecule has 98 valence electrons. The normalized spacial score (nSPS) is 21.9. The van der Waals surface area contributed by atoms with Gasteiger partial charge in [0.1, 0.15) is 5.78 Å². The molecule has 0 amide bonds. The van der Waals surface area contributed by atoms with Crippen molar-refractivity contribution < 1.29 is 9.22 Å². The van der Waals surface area contributed by atoms with Gasteiger partial charge in [0.2, 0.25) is 0 Å². The fourth-order valence-electron chi connectivity index (χ4n) is 1.71. The number of hydrogen-bond donors (Lipinski definition) is 0. The van der Waals surface area contributed by atoms with Crippen molar-refractivity contribution in [2.24, 2.45) is 5.92 Å². The molecule has 0 aromatic heterocycles. The standard InChI is InChI=1S/C14H26O2Si/c1-14(2,3)17(4,5)16-11-10-12-8-6-7-9-13(12)15/h6-7,12H,8-11H2,1-5H3.